The predicted molar refractivity (Wildman–Crippen MR) is 83.9 cm³/mol. The van der Waals surface area contributed by atoms with Crippen molar-refractivity contribution in [1.29, 1.82) is 0 Å². The minimum Gasteiger partial charge on any atom is -0.370 e. The van der Waals surface area contributed by atoms with Crippen LogP contribution in [-0.2, 0) is 0 Å². The van der Waals surface area contributed by atoms with Gasteiger partial charge in [0.05, 0.1) is 4.92 Å². The Bertz CT molecular complexity index is 520. The molecule has 21 heavy (non-hydrogen) atoms. The number of hydrogen-bond donors (Lipinski definition) is 1. The van der Waals surface area contributed by atoms with E-state index >= 15 is 0 Å². The summed E-state index contributed by atoms with van der Waals surface area (Å²) < 4.78 is 0. The van der Waals surface area contributed by atoms with Crippen molar-refractivity contribution in [1.82, 2.24) is 9.88 Å². The fraction of sp³-hybridized carbons (Fsp3) is 0.643. The van der Waals surface area contributed by atoms with Crippen molar-refractivity contribution in [3.63, 3.8) is 0 Å². The molecular formula is C14H23N5O2. The summed E-state index contributed by atoms with van der Waals surface area (Å²) in [6.45, 7) is 6.43. The summed E-state index contributed by atoms with van der Waals surface area (Å²) in [7, 11) is 4.09. The van der Waals surface area contributed by atoms with E-state index in [9.17, 15) is 10.1 Å². The molecule has 0 spiro atoms. The van der Waals surface area contributed by atoms with Crippen molar-refractivity contribution < 1.29 is 4.92 Å². The van der Waals surface area contributed by atoms with Gasteiger partial charge in [0, 0.05) is 31.7 Å². The second-order valence-corrected chi connectivity index (χ2v) is 5.74. The van der Waals surface area contributed by atoms with Crippen LogP contribution in [0.25, 0.3) is 0 Å². The lowest BCUT2D eigenvalue weighted by Crippen LogP contribution is -2.34. The maximum Gasteiger partial charge on any atom is 0.311 e. The van der Waals surface area contributed by atoms with Crippen LogP contribution in [0, 0.1) is 16.0 Å². The average Bonchev–Trinajstić information content (AvgIpc) is 2.81. The van der Waals surface area contributed by atoms with Crippen LogP contribution in [0.3, 0.4) is 0 Å². The molecule has 0 aromatic carbocycles. The molecule has 1 aliphatic rings. The number of pyridine rings is 1. The van der Waals surface area contributed by atoms with Gasteiger partial charge < -0.3 is 15.1 Å². The molecule has 0 amide bonds. The Morgan fingerprint density at radius 1 is 1.48 bits per heavy atom. The van der Waals surface area contributed by atoms with E-state index < -0.39 is 0 Å². The van der Waals surface area contributed by atoms with Gasteiger partial charge in [0.1, 0.15) is 5.82 Å². The molecule has 0 bridgehead atoms. The molecule has 2 unspecified atom stereocenters. The lowest BCUT2D eigenvalue weighted by Gasteiger charge is -2.22. The van der Waals surface area contributed by atoms with Gasteiger partial charge in [0.2, 0.25) is 5.82 Å². The molecule has 116 valence electrons. The molecule has 0 aliphatic carbocycles. The fourth-order valence-corrected chi connectivity index (χ4v) is 2.89. The van der Waals surface area contributed by atoms with Crippen molar-refractivity contribution in [3.05, 3.63) is 22.2 Å². The number of nitro groups is 1. The number of likely N-dealkylation sites (N-methyl/N-ethyl adjacent to an activating group) is 1. The van der Waals surface area contributed by atoms with Crippen molar-refractivity contribution in [2.24, 2.45) is 5.92 Å². The zero-order chi connectivity index (χ0) is 15.6. The van der Waals surface area contributed by atoms with E-state index in [2.05, 4.69) is 22.1 Å². The summed E-state index contributed by atoms with van der Waals surface area (Å²) >= 11 is 0. The normalized spacial score (nSPS) is 21.9. The first-order valence-electron chi connectivity index (χ1n) is 7.24. The van der Waals surface area contributed by atoms with Gasteiger partial charge in [-0.15, -0.1) is 0 Å². The molecular weight excluding hydrogens is 270 g/mol. The monoisotopic (exact) mass is 293 g/mol. The highest BCUT2D eigenvalue weighted by atomic mass is 16.6. The summed E-state index contributed by atoms with van der Waals surface area (Å²) in [6.07, 6.45) is 0. The molecule has 7 nitrogen and oxygen atoms in total. The first kappa shape index (κ1) is 15.5. The largest absolute Gasteiger partial charge is 0.370 e. The highest BCUT2D eigenvalue weighted by Crippen LogP contribution is 2.32. The number of hydrogen-bond acceptors (Lipinski definition) is 6. The highest BCUT2D eigenvalue weighted by Gasteiger charge is 2.34. The molecule has 1 N–H and O–H groups in total. The lowest BCUT2D eigenvalue weighted by molar-refractivity contribution is -0.384. The SMILES string of the molecule is CCNc1ccc([N+](=O)[O-])c(N2CC(C)C(N(C)C)C2)n1. The van der Waals surface area contributed by atoms with Crippen molar-refractivity contribution >= 4 is 17.3 Å². The van der Waals surface area contributed by atoms with Gasteiger partial charge in [-0.1, -0.05) is 6.92 Å². The Morgan fingerprint density at radius 2 is 2.19 bits per heavy atom. The van der Waals surface area contributed by atoms with Gasteiger partial charge >= 0.3 is 5.69 Å². The first-order valence-corrected chi connectivity index (χ1v) is 7.24. The van der Waals surface area contributed by atoms with E-state index in [4.69, 9.17) is 0 Å². The Kier molecular flexibility index (Phi) is 4.62. The van der Waals surface area contributed by atoms with E-state index in [1.165, 1.54) is 6.07 Å². The molecule has 1 saturated heterocycles. The van der Waals surface area contributed by atoms with E-state index in [1.807, 2.05) is 25.9 Å². The number of anilines is 2. The number of aromatic nitrogens is 1. The maximum atomic E-state index is 11.3. The van der Waals surface area contributed by atoms with Gasteiger partial charge in [0.15, 0.2) is 0 Å². The molecule has 1 aliphatic heterocycles. The van der Waals surface area contributed by atoms with Crippen LogP contribution < -0.4 is 10.2 Å². The van der Waals surface area contributed by atoms with Crippen LogP contribution in [0.1, 0.15) is 13.8 Å². The Labute approximate surface area is 125 Å². The molecule has 2 heterocycles. The third kappa shape index (κ3) is 3.24. The highest BCUT2D eigenvalue weighted by molar-refractivity contribution is 5.62. The minimum atomic E-state index is -0.355. The molecule has 2 atom stereocenters. The molecule has 1 aromatic heterocycles. The maximum absolute atomic E-state index is 11.3. The zero-order valence-electron chi connectivity index (χ0n) is 13.0. The van der Waals surface area contributed by atoms with Gasteiger partial charge in [0.25, 0.3) is 0 Å². The first-order chi connectivity index (χ1) is 9.93. The quantitative estimate of drug-likeness (QED) is 0.659. The lowest BCUT2D eigenvalue weighted by atomic mass is 10.1. The zero-order valence-corrected chi connectivity index (χ0v) is 13.0. The van der Waals surface area contributed by atoms with Crippen LogP contribution in [0.2, 0.25) is 0 Å². The molecule has 7 heteroatoms. The van der Waals surface area contributed by atoms with Gasteiger partial charge in [-0.3, -0.25) is 10.1 Å². The fourth-order valence-electron chi connectivity index (χ4n) is 2.89. The van der Waals surface area contributed by atoms with E-state index in [0.29, 0.717) is 23.6 Å². The molecule has 2 rings (SSSR count). The smallest absolute Gasteiger partial charge is 0.311 e. The van der Waals surface area contributed by atoms with E-state index in [0.717, 1.165) is 19.6 Å². The van der Waals surface area contributed by atoms with Gasteiger partial charge in [-0.05, 0) is 33.0 Å². The van der Waals surface area contributed by atoms with Crippen LogP contribution in [0.4, 0.5) is 17.3 Å². The third-order valence-corrected chi connectivity index (χ3v) is 3.94. The topological polar surface area (TPSA) is 74.5 Å². The van der Waals surface area contributed by atoms with Crippen LogP contribution in [-0.4, -0.2) is 54.6 Å². The van der Waals surface area contributed by atoms with Crippen LogP contribution in [0.15, 0.2) is 12.1 Å². The molecule has 0 radical (unpaired) electrons. The number of nitrogens with one attached hydrogen (secondary N) is 1. The summed E-state index contributed by atoms with van der Waals surface area (Å²) in [5.74, 6) is 1.60. The van der Waals surface area contributed by atoms with E-state index in [-0.39, 0.29) is 10.6 Å². The number of rotatable bonds is 5. The summed E-state index contributed by atoms with van der Waals surface area (Å²) in [4.78, 5) is 19.5. The van der Waals surface area contributed by atoms with Crippen LogP contribution >= 0.6 is 0 Å². The van der Waals surface area contributed by atoms with Crippen molar-refractivity contribution in [3.8, 4) is 0 Å². The minimum absolute atomic E-state index is 0.0725. The Balaban J connectivity index is 2.33. The Hall–Kier alpha value is -1.89. The molecule has 1 fully saturated rings. The van der Waals surface area contributed by atoms with Gasteiger partial charge in [-0.25, -0.2) is 4.98 Å². The molecule has 0 saturated carbocycles. The summed E-state index contributed by atoms with van der Waals surface area (Å²) in [5, 5.41) is 14.4. The van der Waals surface area contributed by atoms with Gasteiger partial charge in [-0.2, -0.15) is 0 Å². The average molecular weight is 293 g/mol. The predicted octanol–water partition coefficient (Wildman–Crippen LogP) is 1.81. The van der Waals surface area contributed by atoms with Crippen LogP contribution in [0.5, 0.6) is 0 Å². The molecule has 1 aromatic rings. The van der Waals surface area contributed by atoms with Crippen molar-refractivity contribution in [2.45, 2.75) is 19.9 Å². The second-order valence-electron chi connectivity index (χ2n) is 5.74. The Morgan fingerprint density at radius 3 is 2.71 bits per heavy atom. The third-order valence-electron chi connectivity index (χ3n) is 3.94. The standard InChI is InChI=1S/C14H23N5O2/c1-5-15-13-7-6-11(19(20)21)14(16-13)18-8-10(2)12(9-18)17(3)4/h6-7,10,12H,5,8-9H2,1-4H3,(H,15,16). The summed E-state index contributed by atoms with van der Waals surface area (Å²) in [6, 6.07) is 3.58. The second kappa shape index (κ2) is 6.26. The van der Waals surface area contributed by atoms with Crippen molar-refractivity contribution in [2.75, 3.05) is 43.9 Å². The van der Waals surface area contributed by atoms with E-state index in [1.54, 1.807) is 6.07 Å². The summed E-state index contributed by atoms with van der Waals surface area (Å²) in [5.41, 5.74) is 0.0725. The number of nitrogens with zero attached hydrogens (tertiary/aromatic N) is 4.